The molecule has 7 nitrogen and oxygen atoms in total. The van der Waals surface area contributed by atoms with Crippen molar-refractivity contribution >= 4 is 12.0 Å². The third kappa shape index (κ3) is 3.19. The third-order valence-electron chi connectivity index (χ3n) is 1.76. The van der Waals surface area contributed by atoms with Gasteiger partial charge in [0.15, 0.2) is 0 Å². The highest BCUT2D eigenvalue weighted by molar-refractivity contribution is 5.86. The van der Waals surface area contributed by atoms with Gasteiger partial charge in [-0.1, -0.05) is 0 Å². The van der Waals surface area contributed by atoms with E-state index in [9.17, 15) is 9.59 Å². The molecule has 0 aromatic carbocycles. The van der Waals surface area contributed by atoms with Crippen LogP contribution in [0.4, 0.5) is 4.79 Å². The summed E-state index contributed by atoms with van der Waals surface area (Å²) in [4.78, 5) is 30.7. The minimum atomic E-state index is -1.08. The van der Waals surface area contributed by atoms with E-state index in [0.717, 1.165) is 0 Å². The molecular formula is C9H12N4O3. The molecule has 0 saturated heterocycles. The Morgan fingerprint density at radius 2 is 1.94 bits per heavy atom. The van der Waals surface area contributed by atoms with Gasteiger partial charge in [-0.25, -0.2) is 19.6 Å². The molecule has 0 atom stereocenters. The first-order chi connectivity index (χ1) is 7.50. The molecule has 1 rings (SSSR count). The van der Waals surface area contributed by atoms with Gasteiger partial charge < -0.3 is 15.3 Å². The van der Waals surface area contributed by atoms with Crippen molar-refractivity contribution in [3.8, 4) is 0 Å². The molecule has 86 valence electrons. The predicted molar refractivity (Wildman–Crippen MR) is 54.9 cm³/mol. The predicted octanol–water partition coefficient (Wildman–Crippen LogP) is -0.0540. The monoisotopic (exact) mass is 224 g/mol. The minimum absolute atomic E-state index is 0.0164. The zero-order valence-electron chi connectivity index (χ0n) is 8.97. The summed E-state index contributed by atoms with van der Waals surface area (Å²) in [6, 6.07) is -0.258. The number of hydrogen-bond acceptors (Lipinski definition) is 4. The molecule has 0 bridgehead atoms. The van der Waals surface area contributed by atoms with E-state index in [4.69, 9.17) is 5.11 Å². The summed E-state index contributed by atoms with van der Waals surface area (Å²) in [5, 5.41) is 11.2. The van der Waals surface area contributed by atoms with Crippen molar-refractivity contribution in [2.45, 2.75) is 6.54 Å². The van der Waals surface area contributed by atoms with Gasteiger partial charge in [-0.2, -0.15) is 0 Å². The first kappa shape index (κ1) is 11.9. The third-order valence-corrected chi connectivity index (χ3v) is 1.76. The van der Waals surface area contributed by atoms with E-state index in [1.807, 2.05) is 0 Å². The van der Waals surface area contributed by atoms with Crippen LogP contribution >= 0.6 is 0 Å². The van der Waals surface area contributed by atoms with Crippen molar-refractivity contribution in [3.05, 3.63) is 23.8 Å². The molecule has 0 radical (unpaired) electrons. The van der Waals surface area contributed by atoms with Crippen LogP contribution in [0.5, 0.6) is 0 Å². The second-order valence-electron chi connectivity index (χ2n) is 3.25. The van der Waals surface area contributed by atoms with E-state index in [1.54, 1.807) is 14.1 Å². The van der Waals surface area contributed by atoms with Crippen molar-refractivity contribution in [2.24, 2.45) is 0 Å². The van der Waals surface area contributed by atoms with Gasteiger partial charge in [0.2, 0.25) is 0 Å². The fourth-order valence-electron chi connectivity index (χ4n) is 0.869. The van der Waals surface area contributed by atoms with Crippen LogP contribution in [0.15, 0.2) is 12.4 Å². The highest BCUT2D eigenvalue weighted by Gasteiger charge is 2.06. The summed E-state index contributed by atoms with van der Waals surface area (Å²) >= 11 is 0. The van der Waals surface area contributed by atoms with E-state index in [0.29, 0.717) is 5.82 Å². The summed E-state index contributed by atoms with van der Waals surface area (Å²) in [5.41, 5.74) is 0.0164. The Labute approximate surface area is 92.1 Å². The molecule has 2 N–H and O–H groups in total. The SMILES string of the molecule is CN(C)C(=O)NCc1ncc(C(=O)O)cn1. The Morgan fingerprint density at radius 1 is 1.38 bits per heavy atom. The molecule has 1 aromatic heterocycles. The average molecular weight is 224 g/mol. The first-order valence-corrected chi connectivity index (χ1v) is 4.50. The Balaban J connectivity index is 2.56. The second kappa shape index (κ2) is 5.06. The van der Waals surface area contributed by atoms with Crippen LogP contribution in [0.3, 0.4) is 0 Å². The number of amides is 2. The summed E-state index contributed by atoms with van der Waals surface area (Å²) in [7, 11) is 3.23. The zero-order valence-corrected chi connectivity index (χ0v) is 8.97. The number of carboxylic acids is 1. The lowest BCUT2D eigenvalue weighted by Crippen LogP contribution is -2.34. The molecular weight excluding hydrogens is 212 g/mol. The van der Waals surface area contributed by atoms with Crippen molar-refractivity contribution in [1.29, 1.82) is 0 Å². The maximum Gasteiger partial charge on any atom is 0.338 e. The maximum atomic E-state index is 11.2. The molecule has 7 heteroatoms. The largest absolute Gasteiger partial charge is 0.478 e. The number of urea groups is 1. The fraction of sp³-hybridized carbons (Fsp3) is 0.333. The molecule has 0 aliphatic carbocycles. The van der Waals surface area contributed by atoms with Crippen LogP contribution in [0, 0.1) is 0 Å². The summed E-state index contributed by atoms with van der Waals surface area (Å²) in [6.07, 6.45) is 2.40. The average Bonchev–Trinajstić information content (AvgIpc) is 2.26. The van der Waals surface area contributed by atoms with Gasteiger partial charge in [-0.3, -0.25) is 0 Å². The number of carbonyl (C=O) groups is 2. The molecule has 0 fully saturated rings. The summed E-state index contributed by atoms with van der Waals surface area (Å²) in [6.45, 7) is 0.164. The van der Waals surface area contributed by atoms with Crippen LogP contribution in [0.2, 0.25) is 0 Å². The summed E-state index contributed by atoms with van der Waals surface area (Å²) < 4.78 is 0. The van der Waals surface area contributed by atoms with Crippen molar-refractivity contribution in [1.82, 2.24) is 20.2 Å². The number of rotatable bonds is 3. The van der Waals surface area contributed by atoms with Gasteiger partial charge in [0.25, 0.3) is 0 Å². The Hall–Kier alpha value is -2.18. The van der Waals surface area contributed by atoms with Crippen molar-refractivity contribution in [2.75, 3.05) is 14.1 Å². The van der Waals surface area contributed by atoms with Gasteiger partial charge in [-0.15, -0.1) is 0 Å². The Bertz CT molecular complexity index is 388. The van der Waals surface area contributed by atoms with E-state index < -0.39 is 5.97 Å². The van der Waals surface area contributed by atoms with Gasteiger partial charge >= 0.3 is 12.0 Å². The van der Waals surface area contributed by atoms with Crippen LogP contribution in [-0.2, 0) is 6.54 Å². The highest BCUT2D eigenvalue weighted by Crippen LogP contribution is 1.95. The quantitative estimate of drug-likeness (QED) is 0.750. The van der Waals surface area contributed by atoms with Crippen molar-refractivity contribution < 1.29 is 14.7 Å². The van der Waals surface area contributed by atoms with Crippen LogP contribution in [0.1, 0.15) is 16.2 Å². The number of carboxylic acid groups (broad SMARTS) is 1. The second-order valence-corrected chi connectivity index (χ2v) is 3.25. The fourth-order valence-corrected chi connectivity index (χ4v) is 0.869. The van der Waals surface area contributed by atoms with Gasteiger partial charge in [0.05, 0.1) is 12.1 Å². The van der Waals surface area contributed by atoms with Crippen LogP contribution < -0.4 is 5.32 Å². The highest BCUT2D eigenvalue weighted by atomic mass is 16.4. The van der Waals surface area contributed by atoms with Gasteiger partial charge in [0.1, 0.15) is 5.82 Å². The van der Waals surface area contributed by atoms with Gasteiger partial charge in [-0.05, 0) is 0 Å². The normalized spacial score (nSPS) is 9.62. The van der Waals surface area contributed by atoms with E-state index in [-0.39, 0.29) is 18.1 Å². The number of nitrogens with zero attached hydrogens (tertiary/aromatic N) is 3. The lowest BCUT2D eigenvalue weighted by atomic mass is 10.3. The van der Waals surface area contributed by atoms with E-state index >= 15 is 0 Å². The Morgan fingerprint density at radius 3 is 2.38 bits per heavy atom. The number of nitrogens with one attached hydrogen (secondary N) is 1. The molecule has 16 heavy (non-hydrogen) atoms. The lowest BCUT2D eigenvalue weighted by Gasteiger charge is -2.10. The number of aromatic nitrogens is 2. The zero-order chi connectivity index (χ0) is 12.1. The molecule has 1 heterocycles. The number of hydrogen-bond donors (Lipinski definition) is 2. The number of carbonyl (C=O) groups excluding carboxylic acids is 1. The molecule has 0 saturated carbocycles. The Kier molecular flexibility index (Phi) is 3.76. The molecule has 0 unspecified atom stereocenters. The minimum Gasteiger partial charge on any atom is -0.478 e. The lowest BCUT2D eigenvalue weighted by molar-refractivity contribution is 0.0696. The maximum absolute atomic E-state index is 11.2. The number of aromatic carboxylic acids is 1. The molecule has 0 spiro atoms. The van der Waals surface area contributed by atoms with Crippen LogP contribution in [0.25, 0.3) is 0 Å². The standard InChI is InChI=1S/C9H12N4O3/c1-13(2)9(16)12-5-7-10-3-6(4-11-7)8(14)15/h3-4H,5H2,1-2H3,(H,12,16)(H,14,15). The van der Waals surface area contributed by atoms with Crippen LogP contribution in [-0.4, -0.2) is 46.1 Å². The molecule has 0 aliphatic heterocycles. The molecule has 0 aliphatic rings. The summed E-state index contributed by atoms with van der Waals surface area (Å²) in [5.74, 6) is -0.718. The first-order valence-electron chi connectivity index (χ1n) is 4.50. The van der Waals surface area contributed by atoms with E-state index in [1.165, 1.54) is 17.3 Å². The van der Waals surface area contributed by atoms with E-state index in [2.05, 4.69) is 15.3 Å². The smallest absolute Gasteiger partial charge is 0.338 e. The molecule has 2 amide bonds. The molecule has 1 aromatic rings. The van der Waals surface area contributed by atoms with Crippen molar-refractivity contribution in [3.63, 3.8) is 0 Å². The van der Waals surface area contributed by atoms with Gasteiger partial charge in [0, 0.05) is 26.5 Å². The topological polar surface area (TPSA) is 95.4 Å².